The SMILES string of the molecule is CO[C@H]1OC(COC(=O)c2ccccc2)[C@H](OC2OC(COC(=O)c3ccccc3)C(O[C@H]3OC(COC(=O)c4ccccc4)[C@H](O)C(OC(=O)c4ccccc4)[C@H]3N3C(=O)c4ccccc4C3=O)[C@@H](OC(=O)c3ccccc3)[C@@H]2N2C(=O)c3ccccc3C2=O)C(OC(=O)c2ccccc2)[C@H]1N1Cc2ccccc2C1=O. The van der Waals surface area contributed by atoms with Gasteiger partial charge in [-0.1, -0.05) is 152 Å². The molecule has 112 heavy (non-hydrogen) atoms. The number of aliphatic hydroxyl groups is 1. The van der Waals surface area contributed by atoms with Gasteiger partial charge in [0.2, 0.25) is 0 Å². The Labute approximate surface area is 638 Å². The Hall–Kier alpha value is -12.7. The minimum Gasteiger partial charge on any atom is -0.459 e. The van der Waals surface area contributed by atoms with Gasteiger partial charge >= 0.3 is 35.8 Å². The third-order valence-corrected chi connectivity index (χ3v) is 20.1. The van der Waals surface area contributed by atoms with Gasteiger partial charge in [-0.3, -0.25) is 33.8 Å². The minimum atomic E-state index is -2.34. The second-order valence-electron chi connectivity index (χ2n) is 26.8. The van der Waals surface area contributed by atoms with Crippen LogP contribution in [-0.2, 0) is 63.4 Å². The highest BCUT2D eigenvalue weighted by Crippen LogP contribution is 2.44. The second-order valence-corrected chi connectivity index (χ2v) is 26.8. The lowest BCUT2D eigenvalue weighted by Crippen LogP contribution is -2.72. The molecule has 15 rings (SSSR count). The van der Waals surface area contributed by atoms with Gasteiger partial charge in [0.25, 0.3) is 29.5 Å². The van der Waals surface area contributed by atoms with Gasteiger partial charge in [0, 0.05) is 19.2 Å². The maximum Gasteiger partial charge on any atom is 0.338 e. The summed E-state index contributed by atoms with van der Waals surface area (Å²) in [5, 5.41) is 12.9. The van der Waals surface area contributed by atoms with Crippen LogP contribution in [0.15, 0.2) is 255 Å². The van der Waals surface area contributed by atoms with Crippen LogP contribution in [-0.4, -0.2) is 204 Å². The van der Waals surface area contributed by atoms with Gasteiger partial charge in [-0.15, -0.1) is 0 Å². The maximum absolute atomic E-state index is 15.9. The van der Waals surface area contributed by atoms with E-state index in [2.05, 4.69) is 0 Å². The average Bonchev–Trinajstić information content (AvgIpc) is 1.55. The normalized spacial score (nSPS) is 25.1. The van der Waals surface area contributed by atoms with E-state index in [0.29, 0.717) is 15.4 Å². The van der Waals surface area contributed by atoms with Gasteiger partial charge in [-0.25, -0.2) is 28.8 Å². The Morgan fingerprint density at radius 2 is 0.616 bits per heavy atom. The third-order valence-electron chi connectivity index (χ3n) is 20.1. The van der Waals surface area contributed by atoms with Crippen molar-refractivity contribution in [2.45, 2.75) is 98.5 Å². The largest absolute Gasteiger partial charge is 0.459 e. The van der Waals surface area contributed by atoms with Crippen LogP contribution in [0.5, 0.6) is 0 Å². The molecule has 0 saturated carbocycles. The van der Waals surface area contributed by atoms with E-state index in [4.69, 9.17) is 56.8 Å². The fourth-order valence-corrected chi connectivity index (χ4v) is 14.6. The number of hydrogen-bond acceptors (Lipinski definition) is 24. The molecule has 15 atom stereocenters. The monoisotopic (exact) mass is 1520 g/mol. The molecule has 6 aliphatic rings. The Kier molecular flexibility index (Phi) is 21.9. The summed E-state index contributed by atoms with van der Waals surface area (Å²) in [5.41, 5.74) is -0.0727. The van der Waals surface area contributed by atoms with Gasteiger partial charge in [-0.05, 0) is 109 Å². The highest BCUT2D eigenvalue weighted by molar-refractivity contribution is 6.22. The zero-order valence-corrected chi connectivity index (χ0v) is 59.4. The molecule has 27 nitrogen and oxygen atoms in total. The summed E-state index contributed by atoms with van der Waals surface area (Å²) in [4.78, 5) is 169. The van der Waals surface area contributed by atoms with Crippen LogP contribution < -0.4 is 0 Å². The number of methoxy groups -OCH3 is 1. The van der Waals surface area contributed by atoms with Gasteiger partial charge in [-0.2, -0.15) is 0 Å². The summed E-state index contributed by atoms with van der Waals surface area (Å²) in [6.45, 7) is -2.83. The number of carbonyl (C=O) groups is 11. The van der Waals surface area contributed by atoms with Crippen LogP contribution >= 0.6 is 0 Å². The lowest BCUT2D eigenvalue weighted by Gasteiger charge is -2.53. The van der Waals surface area contributed by atoms with Gasteiger partial charge in [0.1, 0.15) is 74.6 Å². The average molecular weight is 1520 g/mol. The molecule has 0 bridgehead atoms. The summed E-state index contributed by atoms with van der Waals surface area (Å²) >= 11 is 0. The van der Waals surface area contributed by atoms with Crippen LogP contribution in [0.3, 0.4) is 0 Å². The molecule has 9 aromatic rings. The second kappa shape index (κ2) is 32.8. The van der Waals surface area contributed by atoms with Crippen molar-refractivity contribution < 1.29 is 115 Å². The first-order chi connectivity index (χ1) is 54.5. The number of benzene rings is 9. The van der Waals surface area contributed by atoms with E-state index in [9.17, 15) is 24.3 Å². The molecule has 7 unspecified atom stereocenters. The molecule has 1 N–H and O–H groups in total. The predicted molar refractivity (Wildman–Crippen MR) is 387 cm³/mol. The topological polar surface area (TPSA) is 328 Å². The first-order valence-electron chi connectivity index (χ1n) is 35.8. The van der Waals surface area contributed by atoms with Crippen LogP contribution in [0.4, 0.5) is 0 Å². The van der Waals surface area contributed by atoms with Crippen LogP contribution in [0.25, 0.3) is 0 Å². The summed E-state index contributed by atoms with van der Waals surface area (Å²) in [6, 6.07) is 57.6. The van der Waals surface area contributed by atoms with E-state index in [0.717, 1.165) is 0 Å². The molecule has 27 heteroatoms. The Bertz CT molecular complexity index is 4970. The number of fused-ring (bicyclic) bond motifs is 3. The number of carbonyl (C=O) groups excluding carboxylic acids is 11. The van der Waals surface area contributed by atoms with E-state index < -0.39 is 177 Å². The first kappa shape index (κ1) is 74.7. The lowest BCUT2D eigenvalue weighted by molar-refractivity contribution is -0.359. The zero-order valence-electron chi connectivity index (χ0n) is 59.4. The van der Waals surface area contributed by atoms with E-state index >= 15 is 33.6 Å². The quantitative estimate of drug-likeness (QED) is 0.0356. The summed E-state index contributed by atoms with van der Waals surface area (Å²) < 4.78 is 79.5. The Morgan fingerprint density at radius 1 is 0.330 bits per heavy atom. The highest BCUT2D eigenvalue weighted by atomic mass is 16.8. The molecule has 6 heterocycles. The van der Waals surface area contributed by atoms with E-state index in [-0.39, 0.29) is 67.7 Å². The minimum absolute atomic E-state index is 0.0137. The van der Waals surface area contributed by atoms with Crippen molar-refractivity contribution in [1.82, 2.24) is 14.7 Å². The summed E-state index contributed by atoms with van der Waals surface area (Å²) in [7, 11) is 1.26. The van der Waals surface area contributed by atoms with Crippen LogP contribution in [0, 0.1) is 0 Å². The molecule has 0 radical (unpaired) electrons. The van der Waals surface area contributed by atoms with Crippen molar-refractivity contribution in [3.8, 4) is 0 Å². The molecule has 3 saturated heterocycles. The van der Waals surface area contributed by atoms with Gasteiger partial charge in [0.15, 0.2) is 37.2 Å². The summed E-state index contributed by atoms with van der Waals surface area (Å²) in [5.74, 6) is -10.9. The number of imide groups is 2. The molecule has 9 aromatic carbocycles. The van der Waals surface area contributed by atoms with Crippen molar-refractivity contribution in [2.24, 2.45) is 0 Å². The number of esters is 6. The number of amides is 5. The van der Waals surface area contributed by atoms with E-state index in [1.807, 2.05) is 0 Å². The molecule has 0 spiro atoms. The van der Waals surface area contributed by atoms with Crippen molar-refractivity contribution >= 4 is 65.4 Å². The molecule has 0 aliphatic carbocycles. The Balaban J connectivity index is 0.930. The van der Waals surface area contributed by atoms with Crippen LogP contribution in [0.2, 0.25) is 0 Å². The number of aliphatic hydroxyl groups excluding tert-OH is 1. The van der Waals surface area contributed by atoms with Crippen molar-refractivity contribution in [3.05, 3.63) is 322 Å². The van der Waals surface area contributed by atoms with Gasteiger partial charge in [0.05, 0.1) is 55.6 Å². The highest BCUT2D eigenvalue weighted by Gasteiger charge is 2.64. The lowest BCUT2D eigenvalue weighted by atomic mass is 9.91. The van der Waals surface area contributed by atoms with Crippen molar-refractivity contribution in [2.75, 3.05) is 26.9 Å². The molecular weight excluding hydrogens is 1450 g/mol. The standard InChI is InChI=1S/C85H69N3O24/c1-101-83-63(86-44-54-38-20-21-39-55(54)72(86)90)70(109-81(99)52-34-16-6-17-35-52)67(61(106-83)46-103-78(96)49-28-10-3-11-29-49)111-85-65(88-75(93)58-42-24-25-43-59(58)76(88)94)71(110-82(100)53-36-18-7-19-37-53)68(62(107-85)47-104-79(97)50-30-12-4-13-31-50)112-84-64(87-73(91)56-40-22-23-41-57(56)74(87)92)69(108-80(98)51-32-14-5-15-33-51)66(89)60(105-84)45-102-77(95)48-26-8-2-9-27-48/h2-43,60-71,83-85,89H,44-47H2,1H3/t60?,61?,62?,63-,64-,65+,66+,67+,68?,69?,70?,71+,83+,84-,85?/m1/s1. The number of nitrogens with zero attached hydrogens (tertiary/aromatic N) is 3. The number of hydrogen-bond donors (Lipinski definition) is 1. The summed E-state index contributed by atoms with van der Waals surface area (Å²) in [6.07, 6.45) is -24.6. The molecule has 6 aliphatic heterocycles. The molecule has 568 valence electrons. The number of rotatable bonds is 23. The van der Waals surface area contributed by atoms with E-state index in [1.54, 1.807) is 109 Å². The zero-order chi connectivity index (χ0) is 77.7. The molecule has 3 fully saturated rings. The first-order valence-corrected chi connectivity index (χ1v) is 35.8. The van der Waals surface area contributed by atoms with E-state index in [1.165, 1.54) is 158 Å². The van der Waals surface area contributed by atoms with Crippen molar-refractivity contribution in [1.29, 1.82) is 0 Å². The Morgan fingerprint density at radius 3 is 0.973 bits per heavy atom. The fraction of sp³-hybridized carbons (Fsp3) is 0.235. The van der Waals surface area contributed by atoms with Crippen molar-refractivity contribution in [3.63, 3.8) is 0 Å². The third kappa shape index (κ3) is 15.0. The smallest absolute Gasteiger partial charge is 0.338 e. The molecule has 0 aromatic heterocycles. The fourth-order valence-electron chi connectivity index (χ4n) is 14.6. The number of ether oxygens (including phenoxy) is 12. The van der Waals surface area contributed by atoms with Gasteiger partial charge < -0.3 is 66.8 Å². The molecule has 5 amide bonds. The maximum atomic E-state index is 15.9. The van der Waals surface area contributed by atoms with Crippen LogP contribution in [0.1, 0.15) is 120 Å². The predicted octanol–water partition coefficient (Wildman–Crippen LogP) is 8.54. The molecular formula is C85H69N3O24.